The second-order valence-electron chi connectivity index (χ2n) is 5.89. The molecule has 1 aromatic carbocycles. The largest absolute Gasteiger partial charge is 0.480 e. The van der Waals surface area contributed by atoms with Crippen molar-refractivity contribution in [3.8, 4) is 0 Å². The van der Waals surface area contributed by atoms with Gasteiger partial charge in [0.05, 0.1) is 5.75 Å². The van der Waals surface area contributed by atoms with Crippen LogP contribution in [0.3, 0.4) is 0 Å². The number of aliphatic carboxylic acids is 1. The van der Waals surface area contributed by atoms with E-state index in [-0.39, 0.29) is 30.7 Å². The van der Waals surface area contributed by atoms with Crippen LogP contribution in [0.5, 0.6) is 0 Å². The van der Waals surface area contributed by atoms with Crippen molar-refractivity contribution in [2.45, 2.75) is 27.3 Å². The van der Waals surface area contributed by atoms with Crippen LogP contribution in [0, 0.1) is 5.92 Å². The fourth-order valence-electron chi connectivity index (χ4n) is 2.07. The van der Waals surface area contributed by atoms with Gasteiger partial charge in [0.15, 0.2) is 0 Å². The maximum Gasteiger partial charge on any atom is 0.323 e. The van der Waals surface area contributed by atoms with Crippen LogP contribution in [-0.4, -0.2) is 49.1 Å². The van der Waals surface area contributed by atoms with Crippen molar-refractivity contribution in [2.24, 2.45) is 5.92 Å². The van der Waals surface area contributed by atoms with E-state index in [1.807, 2.05) is 13.8 Å². The Hall–Kier alpha value is -1.93. The fraction of sp³-hybridized carbons (Fsp3) is 0.500. The number of carboxylic acids is 1. The number of amides is 1. The Labute approximate surface area is 142 Å². The van der Waals surface area contributed by atoms with Gasteiger partial charge in [-0.1, -0.05) is 26.0 Å². The molecule has 1 aromatic rings. The minimum atomic E-state index is -3.27. The first-order chi connectivity index (χ1) is 11.1. The number of rotatable bonds is 9. The topological polar surface area (TPSA) is 104 Å². The Morgan fingerprint density at radius 1 is 1.21 bits per heavy atom. The van der Waals surface area contributed by atoms with Gasteiger partial charge >= 0.3 is 5.97 Å². The number of nitrogens with zero attached hydrogens (tertiary/aromatic N) is 1. The monoisotopic (exact) mass is 356 g/mol. The number of carbonyl (C=O) groups is 2. The lowest BCUT2D eigenvalue weighted by atomic mass is 10.1. The highest BCUT2D eigenvalue weighted by Gasteiger charge is 2.19. The van der Waals surface area contributed by atoms with Crippen molar-refractivity contribution in [3.05, 3.63) is 35.4 Å². The van der Waals surface area contributed by atoms with Crippen molar-refractivity contribution >= 4 is 21.9 Å². The van der Waals surface area contributed by atoms with E-state index in [4.69, 9.17) is 5.11 Å². The predicted molar refractivity (Wildman–Crippen MR) is 91.1 cm³/mol. The summed E-state index contributed by atoms with van der Waals surface area (Å²) in [5, 5.41) is 8.95. The second-order valence-corrected chi connectivity index (χ2v) is 7.99. The van der Waals surface area contributed by atoms with E-state index in [0.29, 0.717) is 12.1 Å². The minimum absolute atomic E-state index is 0.00290. The zero-order valence-corrected chi connectivity index (χ0v) is 15.0. The SMILES string of the molecule is CCS(=O)(=O)NCc1ccc(C(=O)N(CC(=O)O)CC(C)C)cc1. The molecule has 0 atom stereocenters. The average Bonchev–Trinajstić information content (AvgIpc) is 2.51. The first-order valence-corrected chi connectivity index (χ1v) is 9.37. The lowest BCUT2D eigenvalue weighted by Gasteiger charge is -2.22. The maximum absolute atomic E-state index is 12.4. The maximum atomic E-state index is 12.4. The molecule has 0 aliphatic rings. The van der Waals surface area contributed by atoms with Crippen molar-refractivity contribution in [2.75, 3.05) is 18.8 Å². The first kappa shape index (κ1) is 20.1. The van der Waals surface area contributed by atoms with E-state index in [0.717, 1.165) is 5.56 Å². The highest BCUT2D eigenvalue weighted by atomic mass is 32.2. The third kappa shape index (κ3) is 6.67. The average molecular weight is 356 g/mol. The minimum Gasteiger partial charge on any atom is -0.480 e. The molecule has 1 amide bonds. The van der Waals surface area contributed by atoms with Crippen LogP contribution in [0.25, 0.3) is 0 Å². The van der Waals surface area contributed by atoms with Crippen LogP contribution < -0.4 is 4.72 Å². The van der Waals surface area contributed by atoms with Crippen molar-refractivity contribution in [1.82, 2.24) is 9.62 Å². The summed E-state index contributed by atoms with van der Waals surface area (Å²) in [6.45, 7) is 5.51. The van der Waals surface area contributed by atoms with Gasteiger partial charge < -0.3 is 10.0 Å². The molecule has 0 saturated carbocycles. The van der Waals surface area contributed by atoms with Crippen LogP contribution >= 0.6 is 0 Å². The van der Waals surface area contributed by atoms with Crippen molar-refractivity contribution < 1.29 is 23.1 Å². The molecule has 7 nitrogen and oxygen atoms in total. The fourth-order valence-corrected chi connectivity index (χ4v) is 2.66. The first-order valence-electron chi connectivity index (χ1n) is 7.72. The van der Waals surface area contributed by atoms with Gasteiger partial charge in [0.1, 0.15) is 6.54 Å². The normalized spacial score (nSPS) is 11.5. The van der Waals surface area contributed by atoms with Gasteiger partial charge in [-0.15, -0.1) is 0 Å². The van der Waals surface area contributed by atoms with Gasteiger partial charge in [0.2, 0.25) is 10.0 Å². The molecule has 0 aliphatic heterocycles. The van der Waals surface area contributed by atoms with Gasteiger partial charge in [-0.05, 0) is 30.5 Å². The van der Waals surface area contributed by atoms with Gasteiger partial charge in [-0.3, -0.25) is 9.59 Å². The lowest BCUT2D eigenvalue weighted by Crippen LogP contribution is -2.38. The molecular formula is C16H24N2O5S. The number of hydrogen-bond donors (Lipinski definition) is 2. The van der Waals surface area contributed by atoms with E-state index in [9.17, 15) is 18.0 Å². The second kappa shape index (κ2) is 8.79. The van der Waals surface area contributed by atoms with Gasteiger partial charge in [0.25, 0.3) is 5.91 Å². The van der Waals surface area contributed by atoms with E-state index in [2.05, 4.69) is 4.72 Å². The van der Waals surface area contributed by atoms with Crippen LogP contribution in [0.1, 0.15) is 36.7 Å². The molecular weight excluding hydrogens is 332 g/mol. The Morgan fingerprint density at radius 2 is 1.79 bits per heavy atom. The molecule has 0 heterocycles. The molecule has 0 spiro atoms. The highest BCUT2D eigenvalue weighted by molar-refractivity contribution is 7.89. The predicted octanol–water partition coefficient (Wildman–Crippen LogP) is 1.31. The lowest BCUT2D eigenvalue weighted by molar-refractivity contribution is -0.137. The van der Waals surface area contributed by atoms with E-state index < -0.39 is 16.0 Å². The molecule has 0 aromatic heterocycles. The van der Waals surface area contributed by atoms with Crippen LogP contribution in [-0.2, 0) is 21.4 Å². The summed E-state index contributed by atoms with van der Waals surface area (Å²) < 4.78 is 25.3. The Balaban J connectivity index is 2.81. The summed E-state index contributed by atoms with van der Waals surface area (Å²) in [6, 6.07) is 6.46. The Bertz CT molecular complexity index is 668. The molecule has 0 fully saturated rings. The number of carbonyl (C=O) groups excluding carboxylic acids is 1. The highest BCUT2D eigenvalue weighted by Crippen LogP contribution is 2.10. The van der Waals surface area contributed by atoms with Crippen LogP contribution in [0.4, 0.5) is 0 Å². The zero-order valence-electron chi connectivity index (χ0n) is 14.2. The van der Waals surface area contributed by atoms with Crippen LogP contribution in [0.2, 0.25) is 0 Å². The molecule has 2 N–H and O–H groups in total. The van der Waals surface area contributed by atoms with Crippen LogP contribution in [0.15, 0.2) is 24.3 Å². The Morgan fingerprint density at radius 3 is 2.25 bits per heavy atom. The number of nitrogens with one attached hydrogen (secondary N) is 1. The molecule has 0 saturated heterocycles. The molecule has 1 rings (SSSR count). The van der Waals surface area contributed by atoms with Gasteiger partial charge in [-0.25, -0.2) is 13.1 Å². The molecule has 0 aliphatic carbocycles. The Kier molecular flexibility index (Phi) is 7.37. The summed E-state index contributed by atoms with van der Waals surface area (Å²) in [6.07, 6.45) is 0. The quantitative estimate of drug-likeness (QED) is 0.694. The third-order valence-electron chi connectivity index (χ3n) is 3.28. The summed E-state index contributed by atoms with van der Waals surface area (Å²) in [7, 11) is -3.27. The van der Waals surface area contributed by atoms with Gasteiger partial charge in [0, 0.05) is 18.7 Å². The smallest absolute Gasteiger partial charge is 0.323 e. The molecule has 134 valence electrons. The van der Waals surface area contributed by atoms with Gasteiger partial charge in [-0.2, -0.15) is 0 Å². The van der Waals surface area contributed by atoms with E-state index in [1.165, 1.54) is 4.90 Å². The molecule has 0 bridgehead atoms. The summed E-state index contributed by atoms with van der Waals surface area (Å²) in [5.74, 6) is -1.26. The molecule has 0 radical (unpaired) electrons. The number of hydrogen-bond acceptors (Lipinski definition) is 4. The molecule has 24 heavy (non-hydrogen) atoms. The number of benzene rings is 1. The molecule has 0 unspecified atom stereocenters. The standard InChI is InChI=1S/C16H24N2O5S/c1-4-24(22,23)17-9-13-5-7-14(8-6-13)16(21)18(10-12(2)3)11-15(19)20/h5-8,12,17H,4,9-11H2,1-3H3,(H,19,20). The number of carboxylic acid groups (broad SMARTS) is 1. The molecule has 8 heteroatoms. The summed E-state index contributed by atoms with van der Waals surface area (Å²) in [4.78, 5) is 24.7. The van der Waals surface area contributed by atoms with E-state index >= 15 is 0 Å². The zero-order chi connectivity index (χ0) is 18.3. The third-order valence-corrected chi connectivity index (χ3v) is 4.62. The van der Waals surface area contributed by atoms with Crippen molar-refractivity contribution in [1.29, 1.82) is 0 Å². The summed E-state index contributed by atoms with van der Waals surface area (Å²) in [5.41, 5.74) is 1.09. The number of sulfonamides is 1. The van der Waals surface area contributed by atoms with Crippen molar-refractivity contribution in [3.63, 3.8) is 0 Å². The van der Waals surface area contributed by atoms with E-state index in [1.54, 1.807) is 31.2 Å². The summed E-state index contributed by atoms with van der Waals surface area (Å²) >= 11 is 0.